The molecule has 0 aliphatic rings. The Bertz CT molecular complexity index is 389. The highest BCUT2D eigenvalue weighted by Crippen LogP contribution is 2.15. The molecule has 0 aromatic heterocycles. The van der Waals surface area contributed by atoms with Gasteiger partial charge in [-0.15, -0.1) is 0 Å². The van der Waals surface area contributed by atoms with Gasteiger partial charge in [0.25, 0.3) is 0 Å². The number of hydrogen-bond donors (Lipinski definition) is 2. The summed E-state index contributed by atoms with van der Waals surface area (Å²) in [6, 6.07) is 6.78. The summed E-state index contributed by atoms with van der Waals surface area (Å²) in [6.45, 7) is -0.0542. The first-order valence-corrected chi connectivity index (χ1v) is 4.72. The van der Waals surface area contributed by atoms with Crippen LogP contribution in [0.3, 0.4) is 0 Å². The third-order valence-electron chi connectivity index (χ3n) is 1.91. The number of carboxylic acids is 1. The Balaban J connectivity index is 2.78. The minimum Gasteiger partial charge on any atom is -0.481 e. The topological polar surface area (TPSA) is 75.6 Å². The zero-order chi connectivity index (χ0) is 12.0. The molecule has 86 valence electrons. The van der Waals surface area contributed by atoms with E-state index in [1.54, 1.807) is 24.3 Å². The van der Waals surface area contributed by atoms with Crippen molar-refractivity contribution in [2.45, 2.75) is 6.42 Å². The van der Waals surface area contributed by atoms with Gasteiger partial charge >= 0.3 is 5.97 Å². The Morgan fingerprint density at radius 3 is 2.69 bits per heavy atom. The number of anilines is 1. The molecule has 1 amide bonds. The normalized spacial score (nSPS) is 9.81. The van der Waals surface area contributed by atoms with E-state index < -0.39 is 5.97 Å². The highest BCUT2D eigenvalue weighted by atomic mass is 16.5. The van der Waals surface area contributed by atoms with Gasteiger partial charge in [0.05, 0.1) is 6.42 Å². The summed E-state index contributed by atoms with van der Waals surface area (Å²) in [5, 5.41) is 11.3. The Labute approximate surface area is 93.0 Å². The Morgan fingerprint density at radius 1 is 1.38 bits per heavy atom. The highest BCUT2D eigenvalue weighted by molar-refractivity contribution is 5.93. The molecule has 5 nitrogen and oxygen atoms in total. The molecule has 0 fully saturated rings. The van der Waals surface area contributed by atoms with Gasteiger partial charge in [0.15, 0.2) is 0 Å². The largest absolute Gasteiger partial charge is 0.481 e. The fourth-order valence-corrected chi connectivity index (χ4v) is 1.28. The van der Waals surface area contributed by atoms with Gasteiger partial charge in [0, 0.05) is 12.8 Å². The number of hydrogen-bond acceptors (Lipinski definition) is 3. The molecule has 1 aromatic rings. The summed E-state index contributed by atoms with van der Waals surface area (Å²) in [7, 11) is 1.42. The predicted molar refractivity (Wildman–Crippen MR) is 58.3 cm³/mol. The number of carbonyl (C=O) groups is 2. The second-order valence-electron chi connectivity index (χ2n) is 3.21. The fourth-order valence-electron chi connectivity index (χ4n) is 1.28. The number of para-hydroxylation sites is 1. The van der Waals surface area contributed by atoms with E-state index in [1.165, 1.54) is 7.11 Å². The van der Waals surface area contributed by atoms with Gasteiger partial charge in [-0.3, -0.25) is 9.59 Å². The van der Waals surface area contributed by atoms with Crippen molar-refractivity contribution in [1.82, 2.24) is 0 Å². The molecule has 5 heteroatoms. The zero-order valence-corrected chi connectivity index (χ0v) is 8.90. The number of carboxylic acid groups (broad SMARTS) is 1. The van der Waals surface area contributed by atoms with Crippen molar-refractivity contribution < 1.29 is 19.4 Å². The number of carbonyl (C=O) groups excluding carboxylic acids is 1. The van der Waals surface area contributed by atoms with Crippen LogP contribution in [0.15, 0.2) is 24.3 Å². The highest BCUT2D eigenvalue weighted by Gasteiger charge is 2.08. The lowest BCUT2D eigenvalue weighted by Gasteiger charge is -2.08. The standard InChI is InChI=1S/C11H13NO4/c1-16-7-10(13)12-9-5-3-2-4-8(9)6-11(14)15/h2-5H,6-7H2,1H3,(H,12,13)(H,14,15). The van der Waals surface area contributed by atoms with Gasteiger partial charge in [-0.2, -0.15) is 0 Å². The van der Waals surface area contributed by atoms with Crippen LogP contribution in [0.5, 0.6) is 0 Å². The van der Waals surface area contributed by atoms with E-state index in [9.17, 15) is 9.59 Å². The van der Waals surface area contributed by atoms with Gasteiger partial charge in [0.2, 0.25) is 5.91 Å². The van der Waals surface area contributed by atoms with Crippen molar-refractivity contribution >= 4 is 17.6 Å². The number of nitrogens with one attached hydrogen (secondary N) is 1. The van der Waals surface area contributed by atoms with Gasteiger partial charge in [-0.25, -0.2) is 0 Å². The van der Waals surface area contributed by atoms with E-state index in [4.69, 9.17) is 5.11 Å². The van der Waals surface area contributed by atoms with Crippen molar-refractivity contribution in [1.29, 1.82) is 0 Å². The average Bonchev–Trinajstić information content (AvgIpc) is 2.20. The lowest BCUT2D eigenvalue weighted by molar-refractivity contribution is -0.136. The summed E-state index contributed by atoms with van der Waals surface area (Å²) in [5.74, 6) is -1.24. The van der Waals surface area contributed by atoms with Crippen molar-refractivity contribution in [2.75, 3.05) is 19.0 Å². The van der Waals surface area contributed by atoms with Crippen molar-refractivity contribution in [3.63, 3.8) is 0 Å². The number of benzene rings is 1. The molecule has 0 bridgehead atoms. The van der Waals surface area contributed by atoms with Crippen LogP contribution < -0.4 is 5.32 Å². The SMILES string of the molecule is COCC(=O)Nc1ccccc1CC(=O)O. The van der Waals surface area contributed by atoms with Crippen LogP contribution in [-0.4, -0.2) is 30.7 Å². The smallest absolute Gasteiger partial charge is 0.307 e. The lowest BCUT2D eigenvalue weighted by atomic mass is 10.1. The Hall–Kier alpha value is -1.88. The zero-order valence-electron chi connectivity index (χ0n) is 8.90. The molecule has 0 radical (unpaired) electrons. The van der Waals surface area contributed by atoms with E-state index in [2.05, 4.69) is 10.1 Å². The van der Waals surface area contributed by atoms with Crippen LogP contribution in [0.4, 0.5) is 5.69 Å². The summed E-state index contributed by atoms with van der Waals surface area (Å²) < 4.78 is 4.67. The summed E-state index contributed by atoms with van der Waals surface area (Å²) in [4.78, 5) is 21.9. The third-order valence-corrected chi connectivity index (χ3v) is 1.91. The predicted octanol–water partition coefficient (Wildman–Crippen LogP) is 0.899. The Morgan fingerprint density at radius 2 is 2.06 bits per heavy atom. The third kappa shape index (κ3) is 3.70. The van der Waals surface area contributed by atoms with Crippen LogP contribution in [-0.2, 0) is 20.7 Å². The molecule has 0 saturated carbocycles. The summed E-state index contributed by atoms with van der Waals surface area (Å²) in [6.07, 6.45) is -0.122. The second-order valence-corrected chi connectivity index (χ2v) is 3.21. The number of amides is 1. The van der Waals surface area contributed by atoms with Crippen LogP contribution in [0.25, 0.3) is 0 Å². The van der Waals surface area contributed by atoms with Gasteiger partial charge in [-0.1, -0.05) is 18.2 Å². The molecule has 1 aromatic carbocycles. The molecule has 0 spiro atoms. The number of methoxy groups -OCH3 is 1. The lowest BCUT2D eigenvalue weighted by Crippen LogP contribution is -2.18. The second kappa shape index (κ2) is 5.87. The van der Waals surface area contributed by atoms with E-state index >= 15 is 0 Å². The summed E-state index contributed by atoms with van der Waals surface area (Å²) >= 11 is 0. The molecule has 0 saturated heterocycles. The molecule has 1 rings (SSSR count). The first-order valence-electron chi connectivity index (χ1n) is 4.72. The maximum Gasteiger partial charge on any atom is 0.307 e. The first-order chi connectivity index (χ1) is 7.63. The number of rotatable bonds is 5. The maximum atomic E-state index is 11.3. The van der Waals surface area contributed by atoms with E-state index in [0.717, 1.165) is 0 Å². The van der Waals surface area contributed by atoms with Gasteiger partial charge in [0.1, 0.15) is 6.61 Å². The van der Waals surface area contributed by atoms with Crippen LogP contribution in [0.1, 0.15) is 5.56 Å². The van der Waals surface area contributed by atoms with Gasteiger partial charge < -0.3 is 15.2 Å². The molecule has 2 N–H and O–H groups in total. The molecule has 0 atom stereocenters. The van der Waals surface area contributed by atoms with Crippen molar-refractivity contribution in [2.24, 2.45) is 0 Å². The van der Waals surface area contributed by atoms with E-state index in [-0.39, 0.29) is 18.9 Å². The molecule has 0 heterocycles. The monoisotopic (exact) mass is 223 g/mol. The van der Waals surface area contributed by atoms with E-state index in [0.29, 0.717) is 11.3 Å². The minimum atomic E-state index is -0.937. The Kier molecular flexibility index (Phi) is 4.47. The maximum absolute atomic E-state index is 11.3. The van der Waals surface area contributed by atoms with Gasteiger partial charge in [-0.05, 0) is 11.6 Å². The van der Waals surface area contributed by atoms with Crippen LogP contribution in [0, 0.1) is 0 Å². The van der Waals surface area contributed by atoms with Crippen molar-refractivity contribution in [3.05, 3.63) is 29.8 Å². The number of ether oxygens (including phenoxy) is 1. The van der Waals surface area contributed by atoms with Crippen LogP contribution in [0.2, 0.25) is 0 Å². The molecule has 0 aliphatic carbocycles. The first kappa shape index (κ1) is 12.2. The average molecular weight is 223 g/mol. The van der Waals surface area contributed by atoms with Crippen molar-refractivity contribution in [3.8, 4) is 0 Å². The fraction of sp³-hybridized carbons (Fsp3) is 0.273. The molecule has 16 heavy (non-hydrogen) atoms. The molecule has 0 unspecified atom stereocenters. The van der Waals surface area contributed by atoms with E-state index in [1.807, 2.05) is 0 Å². The molecular formula is C11H13NO4. The number of aliphatic carboxylic acids is 1. The summed E-state index contributed by atoms with van der Waals surface area (Å²) in [5.41, 5.74) is 1.08. The molecular weight excluding hydrogens is 210 g/mol. The molecule has 0 aliphatic heterocycles. The minimum absolute atomic E-state index is 0.0542. The quantitative estimate of drug-likeness (QED) is 0.777. The van der Waals surface area contributed by atoms with Crippen LogP contribution >= 0.6 is 0 Å².